The zero-order valence-corrected chi connectivity index (χ0v) is 18.0. The van der Waals surface area contributed by atoms with E-state index in [0.29, 0.717) is 30.9 Å². The summed E-state index contributed by atoms with van der Waals surface area (Å²) >= 11 is 0. The number of benzene rings is 1. The third-order valence-electron chi connectivity index (χ3n) is 4.98. The molecule has 8 nitrogen and oxygen atoms in total. The predicted molar refractivity (Wildman–Crippen MR) is 115 cm³/mol. The van der Waals surface area contributed by atoms with Crippen molar-refractivity contribution in [2.24, 2.45) is 0 Å². The SMILES string of the molecule is CCCCS(=O)(=O)CCCOc1cc2ncnc(N3CCNCC3)c2cc1OC. The molecule has 0 aliphatic carbocycles. The van der Waals surface area contributed by atoms with Crippen molar-refractivity contribution in [3.05, 3.63) is 18.5 Å². The average Bonchev–Trinajstić information content (AvgIpc) is 2.75. The van der Waals surface area contributed by atoms with E-state index in [0.717, 1.165) is 49.3 Å². The number of aromatic nitrogens is 2. The molecule has 2 heterocycles. The van der Waals surface area contributed by atoms with E-state index in [2.05, 4.69) is 20.2 Å². The van der Waals surface area contributed by atoms with Crippen LogP contribution in [0.1, 0.15) is 26.2 Å². The normalized spacial score (nSPS) is 14.9. The van der Waals surface area contributed by atoms with E-state index in [1.54, 1.807) is 13.4 Å². The van der Waals surface area contributed by atoms with Crippen molar-refractivity contribution in [3.8, 4) is 11.5 Å². The van der Waals surface area contributed by atoms with Gasteiger partial charge in [0.05, 0.1) is 30.7 Å². The lowest BCUT2D eigenvalue weighted by atomic mass is 10.2. The number of unbranched alkanes of at least 4 members (excludes halogenated alkanes) is 1. The number of nitrogens with zero attached hydrogens (tertiary/aromatic N) is 3. The van der Waals surface area contributed by atoms with Crippen LogP contribution in [0.4, 0.5) is 5.82 Å². The molecule has 9 heteroatoms. The Hall–Kier alpha value is -2.13. The second-order valence-electron chi connectivity index (χ2n) is 7.16. The highest BCUT2D eigenvalue weighted by Gasteiger charge is 2.18. The third-order valence-corrected chi connectivity index (χ3v) is 6.80. The number of piperazine rings is 1. The minimum Gasteiger partial charge on any atom is -0.493 e. The molecule has 1 saturated heterocycles. The molecule has 1 aromatic carbocycles. The number of fused-ring (bicyclic) bond motifs is 1. The second kappa shape index (κ2) is 10.1. The molecular formula is C20H30N4O4S. The lowest BCUT2D eigenvalue weighted by molar-refractivity contribution is 0.295. The molecule has 0 unspecified atom stereocenters. The van der Waals surface area contributed by atoms with Crippen LogP contribution in [0.3, 0.4) is 0 Å². The van der Waals surface area contributed by atoms with Gasteiger partial charge in [-0.1, -0.05) is 13.3 Å². The quantitative estimate of drug-likeness (QED) is 0.582. The molecule has 0 radical (unpaired) electrons. The number of nitrogens with one attached hydrogen (secondary N) is 1. The van der Waals surface area contributed by atoms with Gasteiger partial charge in [0.15, 0.2) is 11.5 Å². The highest BCUT2D eigenvalue weighted by atomic mass is 32.2. The van der Waals surface area contributed by atoms with Gasteiger partial charge in [-0.3, -0.25) is 0 Å². The average molecular weight is 423 g/mol. The van der Waals surface area contributed by atoms with E-state index in [1.807, 2.05) is 19.1 Å². The van der Waals surface area contributed by atoms with Gasteiger partial charge < -0.3 is 19.7 Å². The summed E-state index contributed by atoms with van der Waals surface area (Å²) in [6.45, 7) is 5.92. The molecule has 29 heavy (non-hydrogen) atoms. The molecule has 0 amide bonds. The van der Waals surface area contributed by atoms with Crippen molar-refractivity contribution in [1.29, 1.82) is 0 Å². The monoisotopic (exact) mass is 422 g/mol. The van der Waals surface area contributed by atoms with Crippen LogP contribution in [0.5, 0.6) is 11.5 Å². The largest absolute Gasteiger partial charge is 0.493 e. The summed E-state index contributed by atoms with van der Waals surface area (Å²) in [6, 6.07) is 3.74. The smallest absolute Gasteiger partial charge is 0.163 e. The number of methoxy groups -OCH3 is 1. The van der Waals surface area contributed by atoms with E-state index in [1.165, 1.54) is 0 Å². The number of hydrogen-bond donors (Lipinski definition) is 1. The molecule has 0 atom stereocenters. The van der Waals surface area contributed by atoms with Gasteiger partial charge in [-0.25, -0.2) is 18.4 Å². The number of rotatable bonds is 10. The maximum absolute atomic E-state index is 12.0. The van der Waals surface area contributed by atoms with Crippen LogP contribution < -0.4 is 19.7 Å². The van der Waals surface area contributed by atoms with Crippen molar-refractivity contribution < 1.29 is 17.9 Å². The van der Waals surface area contributed by atoms with Crippen molar-refractivity contribution >= 4 is 26.6 Å². The van der Waals surface area contributed by atoms with Crippen molar-refractivity contribution in [2.75, 3.05) is 56.3 Å². The molecule has 160 valence electrons. The molecule has 2 aromatic rings. The fourth-order valence-electron chi connectivity index (χ4n) is 3.38. The standard InChI is InChI=1S/C20H30N4O4S/c1-3-4-11-29(25,26)12-5-10-28-19-14-17-16(13-18(19)27-2)20(23-15-22-17)24-8-6-21-7-9-24/h13-15,21H,3-12H2,1-2H3. The summed E-state index contributed by atoms with van der Waals surface area (Å²) in [4.78, 5) is 11.1. The van der Waals surface area contributed by atoms with Crippen LogP contribution in [0.25, 0.3) is 10.9 Å². The maximum Gasteiger partial charge on any atom is 0.163 e. The first-order valence-electron chi connectivity index (χ1n) is 10.2. The molecule has 0 saturated carbocycles. The zero-order valence-electron chi connectivity index (χ0n) is 17.2. The van der Waals surface area contributed by atoms with Crippen LogP contribution in [0.2, 0.25) is 0 Å². The van der Waals surface area contributed by atoms with Gasteiger partial charge in [0.2, 0.25) is 0 Å². The highest BCUT2D eigenvalue weighted by Crippen LogP contribution is 2.35. The van der Waals surface area contributed by atoms with E-state index in [9.17, 15) is 8.42 Å². The Morgan fingerprint density at radius 3 is 2.59 bits per heavy atom. The highest BCUT2D eigenvalue weighted by molar-refractivity contribution is 7.91. The van der Waals surface area contributed by atoms with Crippen LogP contribution in [-0.2, 0) is 9.84 Å². The molecular weight excluding hydrogens is 392 g/mol. The number of anilines is 1. The van der Waals surface area contributed by atoms with Gasteiger partial charge in [0.1, 0.15) is 22.0 Å². The molecule has 1 fully saturated rings. The van der Waals surface area contributed by atoms with Gasteiger partial charge in [-0.2, -0.15) is 0 Å². The fraction of sp³-hybridized carbons (Fsp3) is 0.600. The Labute approximate surface area is 172 Å². The van der Waals surface area contributed by atoms with Gasteiger partial charge in [0.25, 0.3) is 0 Å². The van der Waals surface area contributed by atoms with Gasteiger partial charge >= 0.3 is 0 Å². The van der Waals surface area contributed by atoms with E-state index in [4.69, 9.17) is 9.47 Å². The molecule has 0 spiro atoms. The summed E-state index contributed by atoms with van der Waals surface area (Å²) in [5.41, 5.74) is 0.778. The number of ether oxygens (including phenoxy) is 2. The Bertz CT molecular complexity index is 914. The molecule has 1 aromatic heterocycles. The summed E-state index contributed by atoms with van der Waals surface area (Å²) in [5.74, 6) is 2.43. The van der Waals surface area contributed by atoms with Crippen LogP contribution >= 0.6 is 0 Å². The number of sulfone groups is 1. The minimum atomic E-state index is -3.01. The van der Waals surface area contributed by atoms with E-state index < -0.39 is 9.84 Å². The zero-order chi connectivity index (χ0) is 20.7. The van der Waals surface area contributed by atoms with Gasteiger partial charge in [0, 0.05) is 37.6 Å². The van der Waals surface area contributed by atoms with E-state index >= 15 is 0 Å². The third kappa shape index (κ3) is 5.70. The second-order valence-corrected chi connectivity index (χ2v) is 9.47. The topological polar surface area (TPSA) is 93.7 Å². The van der Waals surface area contributed by atoms with Crippen molar-refractivity contribution in [1.82, 2.24) is 15.3 Å². The number of hydrogen-bond acceptors (Lipinski definition) is 8. The lowest BCUT2D eigenvalue weighted by Crippen LogP contribution is -2.44. The first-order valence-corrected chi connectivity index (χ1v) is 12.0. The molecule has 1 N–H and O–H groups in total. The summed E-state index contributed by atoms with van der Waals surface area (Å²) in [5, 5.41) is 4.26. The molecule has 1 aliphatic heterocycles. The van der Waals surface area contributed by atoms with Gasteiger partial charge in [-0.05, 0) is 18.9 Å². The van der Waals surface area contributed by atoms with Crippen molar-refractivity contribution in [3.63, 3.8) is 0 Å². The maximum atomic E-state index is 12.0. The lowest BCUT2D eigenvalue weighted by Gasteiger charge is -2.29. The van der Waals surface area contributed by atoms with Gasteiger partial charge in [-0.15, -0.1) is 0 Å². The summed E-state index contributed by atoms with van der Waals surface area (Å²) in [7, 11) is -1.41. The van der Waals surface area contributed by atoms with Crippen LogP contribution in [0, 0.1) is 0 Å². The Morgan fingerprint density at radius 2 is 1.86 bits per heavy atom. The first kappa shape index (κ1) is 21.6. The molecule has 3 rings (SSSR count). The minimum absolute atomic E-state index is 0.137. The Balaban J connectivity index is 1.72. The Kier molecular flexibility index (Phi) is 7.49. The molecule has 0 bridgehead atoms. The van der Waals surface area contributed by atoms with Crippen molar-refractivity contribution in [2.45, 2.75) is 26.2 Å². The Morgan fingerprint density at radius 1 is 1.10 bits per heavy atom. The van der Waals surface area contributed by atoms with Crippen LogP contribution in [0.15, 0.2) is 18.5 Å². The summed E-state index contributed by atoms with van der Waals surface area (Å²) in [6.07, 6.45) is 3.60. The van der Waals surface area contributed by atoms with Crippen LogP contribution in [-0.4, -0.2) is 69.8 Å². The first-order chi connectivity index (χ1) is 14.0. The molecule has 1 aliphatic rings. The van der Waals surface area contributed by atoms with E-state index in [-0.39, 0.29) is 11.5 Å². The fourth-order valence-corrected chi connectivity index (χ4v) is 4.87. The predicted octanol–water partition coefficient (Wildman–Crippen LogP) is 2.03. The summed E-state index contributed by atoms with van der Waals surface area (Å²) < 4.78 is 35.3.